The number of hydrogen-bond acceptors (Lipinski definition) is 3. The molecule has 1 aromatic carbocycles. The molecule has 3 nitrogen and oxygen atoms in total. The number of nitrogens with zero attached hydrogens (tertiary/aromatic N) is 2. The molecule has 3 heteroatoms. The lowest BCUT2D eigenvalue weighted by molar-refractivity contribution is 0.513. The highest BCUT2D eigenvalue weighted by molar-refractivity contribution is 5.86. The summed E-state index contributed by atoms with van der Waals surface area (Å²) < 4.78 is 0. The van der Waals surface area contributed by atoms with Crippen molar-refractivity contribution in [3.05, 3.63) is 35.7 Å². The fourth-order valence-electron chi connectivity index (χ4n) is 2.08. The molecular weight excluding hydrogens is 210 g/mol. The number of likely N-dealkylation sites (N-methyl/N-ethyl adjacent to an activating group) is 1. The van der Waals surface area contributed by atoms with Crippen molar-refractivity contribution in [2.24, 2.45) is 0 Å². The highest BCUT2D eigenvalue weighted by atomic mass is 15.1. The maximum absolute atomic E-state index is 4.39. The minimum Gasteiger partial charge on any atom is -0.317 e. The van der Waals surface area contributed by atoms with Gasteiger partial charge >= 0.3 is 0 Å². The number of aryl methyl sites for hydroxylation is 1. The molecule has 0 saturated carbocycles. The molecule has 0 saturated heterocycles. The first kappa shape index (κ1) is 12.0. The van der Waals surface area contributed by atoms with Crippen LogP contribution in [0.1, 0.15) is 31.2 Å². The number of hydrogen-bond donors (Lipinski definition) is 1. The number of rotatable bonds is 3. The average molecular weight is 229 g/mol. The summed E-state index contributed by atoms with van der Waals surface area (Å²) in [6, 6.07) is 8.73. The van der Waals surface area contributed by atoms with Crippen LogP contribution in [0.4, 0.5) is 0 Å². The molecule has 0 aliphatic heterocycles. The molecule has 0 radical (unpaired) electrons. The van der Waals surface area contributed by atoms with Crippen molar-refractivity contribution >= 4 is 10.8 Å². The summed E-state index contributed by atoms with van der Waals surface area (Å²) in [5.74, 6) is 0.345. The minimum atomic E-state index is 0.345. The fourth-order valence-corrected chi connectivity index (χ4v) is 2.08. The van der Waals surface area contributed by atoms with Crippen LogP contribution < -0.4 is 5.32 Å². The van der Waals surface area contributed by atoms with Crippen molar-refractivity contribution in [2.75, 3.05) is 7.05 Å². The van der Waals surface area contributed by atoms with E-state index in [1.807, 2.05) is 20.0 Å². The molecule has 0 fully saturated rings. The van der Waals surface area contributed by atoms with E-state index in [0.29, 0.717) is 12.0 Å². The van der Waals surface area contributed by atoms with Gasteiger partial charge in [0.15, 0.2) is 0 Å². The van der Waals surface area contributed by atoms with E-state index in [4.69, 9.17) is 0 Å². The van der Waals surface area contributed by atoms with Gasteiger partial charge in [0, 0.05) is 22.7 Å². The highest BCUT2D eigenvalue weighted by Gasteiger charge is 2.17. The molecule has 2 rings (SSSR count). The predicted molar refractivity (Wildman–Crippen MR) is 71.2 cm³/mol. The van der Waals surface area contributed by atoms with Gasteiger partial charge in [-0.1, -0.05) is 31.2 Å². The van der Waals surface area contributed by atoms with Gasteiger partial charge in [-0.15, -0.1) is 0 Å². The first-order chi connectivity index (χ1) is 8.15. The van der Waals surface area contributed by atoms with E-state index in [2.05, 4.69) is 47.6 Å². The molecule has 0 aliphatic carbocycles. The number of fused-ring (bicyclic) bond motifs is 1. The Labute approximate surface area is 102 Å². The van der Waals surface area contributed by atoms with Gasteiger partial charge in [-0.05, 0) is 20.9 Å². The number of aromatic nitrogens is 2. The molecule has 0 amide bonds. The summed E-state index contributed by atoms with van der Waals surface area (Å²) in [5, 5.41) is 14.3. The summed E-state index contributed by atoms with van der Waals surface area (Å²) in [4.78, 5) is 0. The smallest absolute Gasteiger partial charge is 0.0753 e. The Kier molecular flexibility index (Phi) is 3.38. The van der Waals surface area contributed by atoms with Gasteiger partial charge in [0.1, 0.15) is 0 Å². The first-order valence-electron chi connectivity index (χ1n) is 6.04. The third-order valence-electron chi connectivity index (χ3n) is 3.54. The highest BCUT2D eigenvalue weighted by Crippen LogP contribution is 2.26. The Morgan fingerprint density at radius 1 is 1.06 bits per heavy atom. The SMILES string of the molecule is CNC(C)C(C)c1nnc(C)c2ccccc12. The van der Waals surface area contributed by atoms with Crippen molar-refractivity contribution in [3.63, 3.8) is 0 Å². The minimum absolute atomic E-state index is 0.345. The summed E-state index contributed by atoms with van der Waals surface area (Å²) in [5.41, 5.74) is 2.07. The molecule has 0 spiro atoms. The normalized spacial score (nSPS) is 14.8. The Balaban J connectivity index is 2.59. The zero-order chi connectivity index (χ0) is 12.4. The van der Waals surface area contributed by atoms with Crippen LogP contribution in [0.3, 0.4) is 0 Å². The van der Waals surface area contributed by atoms with E-state index in [1.165, 1.54) is 10.8 Å². The molecule has 1 aromatic heterocycles. The Hall–Kier alpha value is -1.48. The molecule has 1 N–H and O–H groups in total. The van der Waals surface area contributed by atoms with E-state index in [9.17, 15) is 0 Å². The standard InChI is InChI=1S/C14H19N3/c1-9(10(2)15-4)14-13-8-6-5-7-12(13)11(3)16-17-14/h5-10,15H,1-4H3. The van der Waals surface area contributed by atoms with Crippen LogP contribution in [0, 0.1) is 6.92 Å². The summed E-state index contributed by atoms with van der Waals surface area (Å²) in [7, 11) is 1.98. The van der Waals surface area contributed by atoms with E-state index < -0.39 is 0 Å². The number of nitrogens with one attached hydrogen (secondary N) is 1. The largest absolute Gasteiger partial charge is 0.317 e. The van der Waals surface area contributed by atoms with Gasteiger partial charge in [0.05, 0.1) is 11.4 Å². The zero-order valence-electron chi connectivity index (χ0n) is 10.9. The Bertz CT molecular complexity index is 522. The van der Waals surface area contributed by atoms with Crippen LogP contribution in [-0.4, -0.2) is 23.3 Å². The average Bonchev–Trinajstić information content (AvgIpc) is 2.38. The lowest BCUT2D eigenvalue weighted by Crippen LogP contribution is -2.28. The van der Waals surface area contributed by atoms with Crippen LogP contribution in [0.15, 0.2) is 24.3 Å². The maximum Gasteiger partial charge on any atom is 0.0753 e. The van der Waals surface area contributed by atoms with E-state index >= 15 is 0 Å². The third kappa shape index (κ3) is 2.15. The topological polar surface area (TPSA) is 37.8 Å². The first-order valence-corrected chi connectivity index (χ1v) is 6.04. The second-order valence-electron chi connectivity index (χ2n) is 4.58. The lowest BCUT2D eigenvalue weighted by Gasteiger charge is -2.20. The van der Waals surface area contributed by atoms with Crippen LogP contribution in [0.5, 0.6) is 0 Å². The van der Waals surface area contributed by atoms with Gasteiger partial charge in [0.25, 0.3) is 0 Å². The molecule has 0 aliphatic rings. The molecule has 2 aromatic rings. The Morgan fingerprint density at radius 3 is 2.35 bits per heavy atom. The molecule has 2 unspecified atom stereocenters. The molecule has 17 heavy (non-hydrogen) atoms. The van der Waals surface area contributed by atoms with Gasteiger partial charge in [0.2, 0.25) is 0 Å². The fraction of sp³-hybridized carbons (Fsp3) is 0.429. The van der Waals surface area contributed by atoms with Crippen molar-refractivity contribution < 1.29 is 0 Å². The quantitative estimate of drug-likeness (QED) is 0.879. The number of benzene rings is 1. The van der Waals surface area contributed by atoms with Crippen LogP contribution in [0.25, 0.3) is 10.8 Å². The van der Waals surface area contributed by atoms with Crippen molar-refractivity contribution in [3.8, 4) is 0 Å². The van der Waals surface area contributed by atoms with Crippen LogP contribution in [-0.2, 0) is 0 Å². The maximum atomic E-state index is 4.39. The van der Waals surface area contributed by atoms with E-state index in [1.54, 1.807) is 0 Å². The van der Waals surface area contributed by atoms with Crippen LogP contribution in [0.2, 0.25) is 0 Å². The van der Waals surface area contributed by atoms with Gasteiger partial charge < -0.3 is 5.32 Å². The third-order valence-corrected chi connectivity index (χ3v) is 3.54. The molecule has 90 valence electrons. The van der Waals surface area contributed by atoms with Crippen molar-refractivity contribution in [1.82, 2.24) is 15.5 Å². The lowest BCUT2D eigenvalue weighted by atomic mass is 9.95. The Morgan fingerprint density at radius 2 is 1.71 bits per heavy atom. The molecular formula is C14H19N3. The summed E-state index contributed by atoms with van der Waals surface area (Å²) >= 11 is 0. The van der Waals surface area contributed by atoms with Gasteiger partial charge in [-0.2, -0.15) is 10.2 Å². The molecule has 0 bridgehead atoms. The molecule has 1 heterocycles. The van der Waals surface area contributed by atoms with Crippen LogP contribution >= 0.6 is 0 Å². The van der Waals surface area contributed by atoms with E-state index in [-0.39, 0.29) is 0 Å². The van der Waals surface area contributed by atoms with Gasteiger partial charge in [-0.25, -0.2) is 0 Å². The monoisotopic (exact) mass is 229 g/mol. The second-order valence-corrected chi connectivity index (χ2v) is 4.58. The van der Waals surface area contributed by atoms with Crippen molar-refractivity contribution in [1.29, 1.82) is 0 Å². The second kappa shape index (κ2) is 4.80. The predicted octanol–water partition coefficient (Wildman–Crippen LogP) is 2.65. The van der Waals surface area contributed by atoms with Gasteiger partial charge in [-0.3, -0.25) is 0 Å². The summed E-state index contributed by atoms with van der Waals surface area (Å²) in [6.45, 7) is 6.36. The zero-order valence-corrected chi connectivity index (χ0v) is 10.9. The van der Waals surface area contributed by atoms with E-state index in [0.717, 1.165) is 11.4 Å². The van der Waals surface area contributed by atoms with Crippen molar-refractivity contribution in [2.45, 2.75) is 32.7 Å². The molecule has 2 atom stereocenters. The summed E-state index contributed by atoms with van der Waals surface area (Å²) in [6.07, 6.45) is 0.